The Bertz CT molecular complexity index is 178. The molecule has 0 radical (unpaired) electrons. The minimum absolute atomic E-state index is 0.219. The van der Waals surface area contributed by atoms with Crippen molar-refractivity contribution >= 4 is 0 Å². The van der Waals surface area contributed by atoms with Crippen molar-refractivity contribution in [3.63, 3.8) is 0 Å². The van der Waals surface area contributed by atoms with E-state index >= 15 is 0 Å². The quantitative estimate of drug-likeness (QED) is 0.493. The van der Waals surface area contributed by atoms with Gasteiger partial charge in [-0.2, -0.15) is 0 Å². The summed E-state index contributed by atoms with van der Waals surface area (Å²) in [7, 11) is 0. The highest BCUT2D eigenvalue weighted by atomic mass is 16.6. The fourth-order valence-corrected chi connectivity index (χ4v) is 2.72. The van der Waals surface area contributed by atoms with Crippen LogP contribution in [0.5, 0.6) is 0 Å². The largest absolute Gasteiger partial charge is 0.375 e. The lowest BCUT2D eigenvalue weighted by Gasteiger charge is -2.32. The predicted octanol–water partition coefficient (Wildman–Crippen LogP) is 1.49. The molecule has 0 bridgehead atoms. The Hall–Kier alpha value is -0.0800. The first-order valence-corrected chi connectivity index (χ1v) is 4.71. The topological polar surface area (TPSA) is 21.8 Å². The van der Waals surface area contributed by atoms with Gasteiger partial charge in [0.1, 0.15) is 5.60 Å². The summed E-state index contributed by atoms with van der Waals surface area (Å²) in [5.41, 5.74) is 0.219. The number of hydrogen-bond acceptors (Lipinski definition) is 2. The van der Waals surface area contributed by atoms with Gasteiger partial charge in [-0.25, -0.2) is 0 Å². The average molecular weight is 154 g/mol. The van der Waals surface area contributed by atoms with E-state index in [1.807, 2.05) is 0 Å². The molecule has 11 heavy (non-hydrogen) atoms. The van der Waals surface area contributed by atoms with Gasteiger partial charge >= 0.3 is 0 Å². The van der Waals surface area contributed by atoms with Crippen LogP contribution in [-0.4, -0.2) is 24.4 Å². The van der Waals surface area contributed by atoms with Crippen LogP contribution in [0.15, 0.2) is 0 Å². The fraction of sp³-hybridized carbons (Fsp3) is 1.00. The first-order chi connectivity index (χ1) is 5.42. The summed E-state index contributed by atoms with van der Waals surface area (Å²) < 4.78 is 11.4. The van der Waals surface area contributed by atoms with Gasteiger partial charge in [0.15, 0.2) is 0 Å². The molecule has 2 nitrogen and oxygen atoms in total. The molecule has 0 amide bonds. The molecule has 2 heteroatoms. The van der Waals surface area contributed by atoms with E-state index in [2.05, 4.69) is 0 Å². The van der Waals surface area contributed by atoms with E-state index in [4.69, 9.17) is 9.47 Å². The molecule has 2 heterocycles. The van der Waals surface area contributed by atoms with Crippen LogP contribution in [0.1, 0.15) is 32.1 Å². The molecule has 2 saturated heterocycles. The third-order valence-electron chi connectivity index (χ3n) is 3.38. The van der Waals surface area contributed by atoms with Crippen molar-refractivity contribution in [2.24, 2.45) is 0 Å². The van der Waals surface area contributed by atoms with Crippen molar-refractivity contribution in [3.8, 4) is 0 Å². The van der Waals surface area contributed by atoms with Crippen LogP contribution >= 0.6 is 0 Å². The van der Waals surface area contributed by atoms with Crippen LogP contribution in [0.25, 0.3) is 0 Å². The highest BCUT2D eigenvalue weighted by molar-refractivity contribution is 5.11. The molecule has 3 aliphatic rings. The summed E-state index contributed by atoms with van der Waals surface area (Å²) in [5, 5.41) is 0. The van der Waals surface area contributed by atoms with Crippen molar-refractivity contribution in [2.45, 2.75) is 49.9 Å². The van der Waals surface area contributed by atoms with Gasteiger partial charge in [-0.3, -0.25) is 0 Å². The van der Waals surface area contributed by atoms with Crippen LogP contribution in [0.4, 0.5) is 0 Å². The smallest absolute Gasteiger partial charge is 0.121 e. The molecule has 3 rings (SSSR count). The van der Waals surface area contributed by atoms with Crippen LogP contribution in [0.2, 0.25) is 0 Å². The van der Waals surface area contributed by atoms with Gasteiger partial charge in [-0.1, -0.05) is 12.8 Å². The zero-order valence-electron chi connectivity index (χ0n) is 6.71. The standard InChI is InChI=1S/C9H14O2/c1-2-5-9-7(3-1)10-6-4-8(9)11-9/h7-8H,1-6H2/t7?,8?,9-/m1/s1. The van der Waals surface area contributed by atoms with Crippen molar-refractivity contribution < 1.29 is 9.47 Å². The van der Waals surface area contributed by atoms with E-state index in [-0.39, 0.29) is 5.60 Å². The zero-order valence-corrected chi connectivity index (χ0v) is 6.71. The molecular weight excluding hydrogens is 140 g/mol. The molecule has 0 N–H and O–H groups in total. The van der Waals surface area contributed by atoms with Crippen molar-refractivity contribution in [2.75, 3.05) is 6.61 Å². The SMILES string of the molecule is C1CC[C@]23OC2CCOC3C1. The Morgan fingerprint density at radius 2 is 2.09 bits per heavy atom. The normalized spacial score (nSPS) is 54.5. The van der Waals surface area contributed by atoms with Gasteiger partial charge in [0, 0.05) is 6.61 Å². The molecule has 3 atom stereocenters. The van der Waals surface area contributed by atoms with Crippen molar-refractivity contribution in [3.05, 3.63) is 0 Å². The maximum Gasteiger partial charge on any atom is 0.121 e. The summed E-state index contributed by atoms with van der Waals surface area (Å²) in [4.78, 5) is 0. The van der Waals surface area contributed by atoms with Crippen LogP contribution in [0.3, 0.4) is 0 Å². The highest BCUT2D eigenvalue weighted by Gasteiger charge is 2.63. The van der Waals surface area contributed by atoms with Gasteiger partial charge in [0.25, 0.3) is 0 Å². The lowest BCUT2D eigenvalue weighted by atomic mass is 9.81. The maximum absolute atomic E-state index is 5.74. The summed E-state index contributed by atoms with van der Waals surface area (Å²) in [6.45, 7) is 0.928. The van der Waals surface area contributed by atoms with Crippen molar-refractivity contribution in [1.82, 2.24) is 0 Å². The first-order valence-electron chi connectivity index (χ1n) is 4.71. The van der Waals surface area contributed by atoms with Crippen LogP contribution in [-0.2, 0) is 9.47 Å². The second kappa shape index (κ2) is 1.99. The number of ether oxygens (including phenoxy) is 2. The summed E-state index contributed by atoms with van der Waals surface area (Å²) in [5.74, 6) is 0. The van der Waals surface area contributed by atoms with E-state index in [1.165, 1.54) is 25.7 Å². The number of hydrogen-bond donors (Lipinski definition) is 0. The van der Waals surface area contributed by atoms with Gasteiger partial charge in [0.2, 0.25) is 0 Å². The monoisotopic (exact) mass is 154 g/mol. The summed E-state index contributed by atoms with van der Waals surface area (Å²) in [6, 6.07) is 0. The molecule has 0 aromatic carbocycles. The first kappa shape index (κ1) is 6.44. The second-order valence-electron chi connectivity index (χ2n) is 3.96. The van der Waals surface area contributed by atoms with Gasteiger partial charge in [0.05, 0.1) is 12.2 Å². The van der Waals surface area contributed by atoms with Gasteiger partial charge in [-0.15, -0.1) is 0 Å². The van der Waals surface area contributed by atoms with E-state index in [0.717, 1.165) is 13.0 Å². The second-order valence-corrected chi connectivity index (χ2v) is 3.96. The van der Waals surface area contributed by atoms with Crippen molar-refractivity contribution in [1.29, 1.82) is 0 Å². The van der Waals surface area contributed by atoms with E-state index in [9.17, 15) is 0 Å². The fourth-order valence-electron chi connectivity index (χ4n) is 2.72. The third-order valence-corrected chi connectivity index (χ3v) is 3.38. The lowest BCUT2D eigenvalue weighted by Crippen LogP contribution is -2.41. The molecular formula is C9H14O2. The highest BCUT2D eigenvalue weighted by Crippen LogP contribution is 2.53. The summed E-state index contributed by atoms with van der Waals surface area (Å²) in [6.07, 6.45) is 7.32. The Labute approximate surface area is 66.9 Å². The lowest BCUT2D eigenvalue weighted by molar-refractivity contribution is -0.0344. The molecule has 1 spiro atoms. The summed E-state index contributed by atoms with van der Waals surface area (Å²) >= 11 is 0. The van der Waals surface area contributed by atoms with Gasteiger partial charge in [-0.05, 0) is 19.3 Å². The van der Waals surface area contributed by atoms with Crippen LogP contribution < -0.4 is 0 Å². The Kier molecular flexibility index (Phi) is 1.16. The molecule has 2 aliphatic heterocycles. The van der Waals surface area contributed by atoms with Gasteiger partial charge < -0.3 is 9.47 Å². The molecule has 1 saturated carbocycles. The molecule has 3 fully saturated rings. The number of rotatable bonds is 0. The van der Waals surface area contributed by atoms with Crippen LogP contribution in [0, 0.1) is 0 Å². The maximum atomic E-state index is 5.74. The minimum atomic E-state index is 0.219. The molecule has 1 aliphatic carbocycles. The predicted molar refractivity (Wildman–Crippen MR) is 40.4 cm³/mol. The van der Waals surface area contributed by atoms with E-state index in [0.29, 0.717) is 12.2 Å². The third kappa shape index (κ3) is 0.744. The molecule has 0 aromatic rings. The Morgan fingerprint density at radius 1 is 1.09 bits per heavy atom. The Morgan fingerprint density at radius 3 is 3.00 bits per heavy atom. The Balaban J connectivity index is 1.84. The van der Waals surface area contributed by atoms with E-state index < -0.39 is 0 Å². The average Bonchev–Trinajstić information content (AvgIpc) is 2.75. The molecule has 0 aromatic heterocycles. The molecule has 2 unspecified atom stereocenters. The number of epoxide rings is 1. The minimum Gasteiger partial charge on any atom is -0.375 e. The van der Waals surface area contributed by atoms with E-state index in [1.54, 1.807) is 0 Å². The zero-order chi connectivity index (χ0) is 7.31. The molecule has 62 valence electrons.